The summed E-state index contributed by atoms with van der Waals surface area (Å²) in [4.78, 5) is 0. The van der Waals surface area contributed by atoms with Crippen molar-refractivity contribution in [2.24, 2.45) is 0 Å². The molecule has 0 aliphatic heterocycles. The summed E-state index contributed by atoms with van der Waals surface area (Å²) in [5.74, 6) is 1.83. The van der Waals surface area contributed by atoms with E-state index in [1.54, 1.807) is 7.11 Å². The van der Waals surface area contributed by atoms with Crippen molar-refractivity contribution < 1.29 is 4.74 Å². The molecule has 1 saturated carbocycles. The van der Waals surface area contributed by atoms with E-state index in [2.05, 4.69) is 54.5 Å². The molecule has 0 bridgehead atoms. The highest BCUT2D eigenvalue weighted by atomic mass is 32.2. The third-order valence-electron chi connectivity index (χ3n) is 4.05. The van der Waals surface area contributed by atoms with Gasteiger partial charge in [0, 0.05) is 24.2 Å². The van der Waals surface area contributed by atoms with Crippen LogP contribution in [0.25, 0.3) is 0 Å². The van der Waals surface area contributed by atoms with Crippen molar-refractivity contribution in [3.63, 3.8) is 0 Å². The second-order valence-corrected chi connectivity index (χ2v) is 6.56. The summed E-state index contributed by atoms with van der Waals surface area (Å²) in [6.45, 7) is 0.855. The molecule has 1 aromatic rings. The molecule has 0 aromatic heterocycles. The molecule has 2 rings (SSSR count). The third-order valence-corrected chi connectivity index (χ3v) is 5.40. The molecule has 1 N–H and O–H groups in total. The van der Waals surface area contributed by atoms with Crippen molar-refractivity contribution in [1.29, 1.82) is 0 Å². The third kappa shape index (κ3) is 4.23. The molecule has 3 atom stereocenters. The summed E-state index contributed by atoms with van der Waals surface area (Å²) in [5, 5.41) is 4.20. The van der Waals surface area contributed by atoms with Crippen LogP contribution in [-0.2, 0) is 4.74 Å². The van der Waals surface area contributed by atoms with Gasteiger partial charge in [0.15, 0.2) is 0 Å². The monoisotopic (exact) mass is 279 g/mol. The fourth-order valence-electron chi connectivity index (χ4n) is 2.95. The normalized spacial score (nSPS) is 27.4. The number of methoxy groups -OCH3 is 1. The molecule has 0 saturated heterocycles. The Hall–Kier alpha value is -0.510. The first kappa shape index (κ1) is 14.9. The van der Waals surface area contributed by atoms with E-state index in [1.165, 1.54) is 24.8 Å². The molecule has 3 unspecified atom stereocenters. The van der Waals surface area contributed by atoms with Gasteiger partial charge in [-0.3, -0.25) is 0 Å². The lowest BCUT2D eigenvalue weighted by molar-refractivity contribution is 0.218. The average molecular weight is 279 g/mol. The first-order valence-corrected chi connectivity index (χ1v) is 8.22. The Labute approximate surface area is 121 Å². The molecule has 1 fully saturated rings. The average Bonchev–Trinajstić information content (AvgIpc) is 2.48. The van der Waals surface area contributed by atoms with Gasteiger partial charge in [0.1, 0.15) is 0 Å². The van der Waals surface area contributed by atoms with Crippen LogP contribution in [0.2, 0.25) is 0 Å². The highest BCUT2D eigenvalue weighted by Gasteiger charge is 2.30. The van der Waals surface area contributed by atoms with Crippen molar-refractivity contribution in [3.05, 3.63) is 35.9 Å². The Bertz CT molecular complexity index is 357. The topological polar surface area (TPSA) is 21.3 Å². The number of thioether (sulfide) groups is 1. The Morgan fingerprint density at radius 1 is 1.26 bits per heavy atom. The summed E-state index contributed by atoms with van der Waals surface area (Å²) in [7, 11) is 3.88. The largest absolute Gasteiger partial charge is 0.384 e. The van der Waals surface area contributed by atoms with Crippen LogP contribution in [0.3, 0.4) is 0 Å². The molecule has 1 aromatic carbocycles. The molecule has 3 heteroatoms. The predicted molar refractivity (Wildman–Crippen MR) is 84.0 cm³/mol. The van der Waals surface area contributed by atoms with Crippen LogP contribution in [0.1, 0.15) is 30.7 Å². The zero-order valence-corrected chi connectivity index (χ0v) is 12.8. The molecule has 19 heavy (non-hydrogen) atoms. The van der Waals surface area contributed by atoms with Crippen LogP contribution >= 0.6 is 11.8 Å². The number of nitrogens with one attached hydrogen (secondary N) is 1. The fourth-order valence-corrected chi connectivity index (χ4v) is 4.39. The first-order chi connectivity index (χ1) is 9.35. The Kier molecular flexibility index (Phi) is 6.21. The minimum Gasteiger partial charge on any atom is -0.384 e. The smallest absolute Gasteiger partial charge is 0.0553 e. The maximum Gasteiger partial charge on any atom is 0.0553 e. The van der Waals surface area contributed by atoms with Crippen molar-refractivity contribution in [1.82, 2.24) is 5.32 Å². The molecule has 1 aliphatic carbocycles. The lowest BCUT2D eigenvalue weighted by Crippen LogP contribution is -2.40. The van der Waals surface area contributed by atoms with Gasteiger partial charge >= 0.3 is 0 Å². The minimum atomic E-state index is 0.654. The molecule has 0 spiro atoms. The summed E-state index contributed by atoms with van der Waals surface area (Å²) < 4.78 is 5.17. The van der Waals surface area contributed by atoms with Crippen molar-refractivity contribution in [2.75, 3.05) is 26.5 Å². The van der Waals surface area contributed by atoms with Gasteiger partial charge in [-0.05, 0) is 37.8 Å². The SMILES string of the molecule is CNC1CCC(c2ccccc2)CC1SCCOC. The van der Waals surface area contributed by atoms with E-state index < -0.39 is 0 Å². The van der Waals surface area contributed by atoms with E-state index in [1.807, 2.05) is 0 Å². The second kappa shape index (κ2) is 7.93. The van der Waals surface area contributed by atoms with E-state index in [-0.39, 0.29) is 0 Å². The number of hydrogen-bond donors (Lipinski definition) is 1. The van der Waals surface area contributed by atoms with Gasteiger partial charge in [-0.2, -0.15) is 11.8 Å². The predicted octanol–water partition coefficient (Wildman–Crippen LogP) is 3.29. The minimum absolute atomic E-state index is 0.654. The Balaban J connectivity index is 1.95. The maximum atomic E-state index is 5.17. The molecule has 0 amide bonds. The van der Waals surface area contributed by atoms with Gasteiger partial charge in [-0.25, -0.2) is 0 Å². The van der Waals surface area contributed by atoms with Crippen LogP contribution in [0.15, 0.2) is 30.3 Å². The van der Waals surface area contributed by atoms with Crippen LogP contribution in [0.4, 0.5) is 0 Å². The van der Waals surface area contributed by atoms with Crippen LogP contribution in [-0.4, -0.2) is 37.8 Å². The summed E-state index contributed by atoms with van der Waals surface area (Å²) in [6.07, 6.45) is 3.86. The lowest BCUT2D eigenvalue weighted by Gasteiger charge is -2.36. The molecule has 0 radical (unpaired) electrons. The zero-order valence-electron chi connectivity index (χ0n) is 12.0. The first-order valence-electron chi connectivity index (χ1n) is 7.18. The Morgan fingerprint density at radius 3 is 2.74 bits per heavy atom. The molecule has 106 valence electrons. The highest BCUT2D eigenvalue weighted by molar-refractivity contribution is 8.00. The van der Waals surface area contributed by atoms with Gasteiger partial charge in [0.25, 0.3) is 0 Å². The van der Waals surface area contributed by atoms with Gasteiger partial charge < -0.3 is 10.1 Å². The maximum absolute atomic E-state index is 5.17. The zero-order chi connectivity index (χ0) is 13.5. The lowest BCUT2D eigenvalue weighted by atomic mass is 9.81. The molecular formula is C16H25NOS. The quantitative estimate of drug-likeness (QED) is 0.807. The number of ether oxygens (including phenoxy) is 1. The van der Waals surface area contributed by atoms with Gasteiger partial charge in [0.2, 0.25) is 0 Å². The summed E-state index contributed by atoms with van der Waals surface area (Å²) in [6, 6.07) is 11.6. The van der Waals surface area contributed by atoms with Gasteiger partial charge in [-0.15, -0.1) is 0 Å². The molecule has 1 aliphatic rings. The highest BCUT2D eigenvalue weighted by Crippen LogP contribution is 2.38. The van der Waals surface area contributed by atoms with E-state index in [0.29, 0.717) is 11.3 Å². The number of rotatable bonds is 6. The number of hydrogen-bond acceptors (Lipinski definition) is 3. The molecule has 0 heterocycles. The van der Waals surface area contributed by atoms with E-state index in [4.69, 9.17) is 4.74 Å². The second-order valence-electron chi connectivity index (χ2n) is 5.22. The standard InChI is InChI=1S/C16H25NOS/c1-17-15-9-8-14(13-6-4-3-5-7-13)12-16(15)19-11-10-18-2/h3-7,14-17H,8-12H2,1-2H3. The molecule has 2 nitrogen and oxygen atoms in total. The van der Waals surface area contributed by atoms with E-state index in [9.17, 15) is 0 Å². The van der Waals surface area contributed by atoms with Crippen molar-refractivity contribution in [3.8, 4) is 0 Å². The van der Waals surface area contributed by atoms with Gasteiger partial charge in [0.05, 0.1) is 6.61 Å². The van der Waals surface area contributed by atoms with Crippen LogP contribution in [0.5, 0.6) is 0 Å². The van der Waals surface area contributed by atoms with E-state index in [0.717, 1.165) is 18.3 Å². The Morgan fingerprint density at radius 2 is 2.05 bits per heavy atom. The van der Waals surface area contributed by atoms with Crippen molar-refractivity contribution >= 4 is 11.8 Å². The summed E-state index contributed by atoms with van der Waals surface area (Å²) in [5.41, 5.74) is 1.51. The number of benzene rings is 1. The molecular weight excluding hydrogens is 254 g/mol. The van der Waals surface area contributed by atoms with Crippen molar-refractivity contribution in [2.45, 2.75) is 36.5 Å². The van der Waals surface area contributed by atoms with Crippen LogP contribution < -0.4 is 5.32 Å². The summed E-state index contributed by atoms with van der Waals surface area (Å²) >= 11 is 2.07. The fraction of sp³-hybridized carbons (Fsp3) is 0.625. The van der Waals surface area contributed by atoms with Crippen LogP contribution in [0, 0.1) is 0 Å². The van der Waals surface area contributed by atoms with E-state index >= 15 is 0 Å². The van der Waals surface area contributed by atoms with Gasteiger partial charge in [-0.1, -0.05) is 30.3 Å².